The minimum absolute atomic E-state index is 0.236. The molecule has 3 aliphatic rings. The minimum Gasteiger partial charge on any atom is -0.449 e. The van der Waals surface area contributed by atoms with Crippen LogP contribution in [0.3, 0.4) is 0 Å². The van der Waals surface area contributed by atoms with Crippen molar-refractivity contribution >= 4 is 21.9 Å². The lowest BCUT2D eigenvalue weighted by Gasteiger charge is -2.44. The Bertz CT molecular complexity index is 566. The molecule has 3 aliphatic heterocycles. The van der Waals surface area contributed by atoms with Crippen LogP contribution in [0, 0.1) is 0 Å². The summed E-state index contributed by atoms with van der Waals surface area (Å²) in [4.78, 5) is 19.0. The van der Waals surface area contributed by atoms with E-state index in [9.17, 15) is 4.79 Å². The van der Waals surface area contributed by atoms with E-state index in [1.165, 1.54) is 0 Å². The quantitative estimate of drug-likeness (QED) is 0.576. The molecule has 1 aromatic heterocycles. The minimum atomic E-state index is -0.517. The highest BCUT2D eigenvalue weighted by atomic mass is 79.9. The molecule has 20 heavy (non-hydrogen) atoms. The molecule has 0 aromatic carbocycles. The molecule has 5 nitrogen and oxygen atoms in total. The lowest BCUT2D eigenvalue weighted by Crippen LogP contribution is -2.54. The maximum atomic E-state index is 12.0. The SMILES string of the molecule is O=C1OC2(CCN(C3COC3)CC2)c2nc(Br)ccc21. The van der Waals surface area contributed by atoms with Crippen LogP contribution in [0.2, 0.25) is 0 Å². The van der Waals surface area contributed by atoms with E-state index in [4.69, 9.17) is 9.47 Å². The zero-order valence-electron chi connectivity index (χ0n) is 11.0. The van der Waals surface area contributed by atoms with Gasteiger partial charge in [0, 0.05) is 25.9 Å². The molecule has 0 radical (unpaired) electrons. The van der Waals surface area contributed by atoms with Crippen molar-refractivity contribution in [3.8, 4) is 0 Å². The molecule has 2 saturated heterocycles. The van der Waals surface area contributed by atoms with Crippen molar-refractivity contribution in [1.29, 1.82) is 0 Å². The van der Waals surface area contributed by atoms with Gasteiger partial charge in [0.2, 0.25) is 0 Å². The number of hydrogen-bond acceptors (Lipinski definition) is 5. The Kier molecular flexibility index (Phi) is 2.87. The molecule has 4 rings (SSSR count). The molecule has 0 unspecified atom stereocenters. The van der Waals surface area contributed by atoms with Crippen LogP contribution in [0.25, 0.3) is 0 Å². The number of esters is 1. The van der Waals surface area contributed by atoms with Crippen molar-refractivity contribution in [3.05, 3.63) is 28.0 Å². The summed E-state index contributed by atoms with van der Waals surface area (Å²) < 4.78 is 11.7. The summed E-state index contributed by atoms with van der Waals surface area (Å²) in [7, 11) is 0. The van der Waals surface area contributed by atoms with Crippen LogP contribution >= 0.6 is 15.9 Å². The van der Waals surface area contributed by atoms with Gasteiger partial charge in [-0.05, 0) is 28.1 Å². The Hall–Kier alpha value is -0.980. The van der Waals surface area contributed by atoms with E-state index < -0.39 is 5.60 Å². The predicted molar refractivity (Wildman–Crippen MR) is 74.4 cm³/mol. The van der Waals surface area contributed by atoms with Gasteiger partial charge in [0.05, 0.1) is 30.5 Å². The van der Waals surface area contributed by atoms with Gasteiger partial charge in [-0.15, -0.1) is 0 Å². The fourth-order valence-electron chi connectivity index (χ4n) is 3.25. The molecule has 0 bridgehead atoms. The van der Waals surface area contributed by atoms with Gasteiger partial charge in [-0.1, -0.05) is 0 Å². The van der Waals surface area contributed by atoms with Gasteiger partial charge in [-0.25, -0.2) is 9.78 Å². The second kappa shape index (κ2) is 4.51. The van der Waals surface area contributed by atoms with E-state index in [1.807, 2.05) is 0 Å². The maximum Gasteiger partial charge on any atom is 0.341 e. The van der Waals surface area contributed by atoms with Crippen LogP contribution in [0.4, 0.5) is 0 Å². The number of nitrogens with zero attached hydrogens (tertiary/aromatic N) is 2. The summed E-state index contributed by atoms with van der Waals surface area (Å²) in [6, 6.07) is 4.13. The Morgan fingerprint density at radius 1 is 1.30 bits per heavy atom. The number of hydrogen-bond donors (Lipinski definition) is 0. The van der Waals surface area contributed by atoms with E-state index in [0.29, 0.717) is 11.6 Å². The lowest BCUT2D eigenvalue weighted by atomic mass is 9.86. The normalized spacial score (nSPS) is 25.4. The van der Waals surface area contributed by atoms with Crippen LogP contribution in [0.5, 0.6) is 0 Å². The van der Waals surface area contributed by atoms with E-state index >= 15 is 0 Å². The van der Waals surface area contributed by atoms with Crippen LogP contribution in [0.1, 0.15) is 28.9 Å². The topological polar surface area (TPSA) is 51.7 Å². The molecule has 0 saturated carbocycles. The average Bonchev–Trinajstić information content (AvgIpc) is 2.63. The number of aromatic nitrogens is 1. The molecule has 0 atom stereocenters. The Labute approximate surface area is 125 Å². The monoisotopic (exact) mass is 338 g/mol. The predicted octanol–water partition coefficient (Wildman–Crippen LogP) is 1.70. The zero-order chi connectivity index (χ0) is 13.7. The number of carbonyl (C=O) groups is 1. The van der Waals surface area contributed by atoms with Crippen molar-refractivity contribution in [2.24, 2.45) is 0 Å². The van der Waals surface area contributed by atoms with Gasteiger partial charge in [0.1, 0.15) is 4.60 Å². The third-order valence-electron chi connectivity index (χ3n) is 4.54. The second-order valence-electron chi connectivity index (χ2n) is 5.64. The first-order valence-electron chi connectivity index (χ1n) is 6.90. The van der Waals surface area contributed by atoms with Crippen molar-refractivity contribution < 1.29 is 14.3 Å². The van der Waals surface area contributed by atoms with Crippen molar-refractivity contribution in [2.45, 2.75) is 24.5 Å². The van der Waals surface area contributed by atoms with Gasteiger partial charge in [0.25, 0.3) is 0 Å². The third-order valence-corrected chi connectivity index (χ3v) is 4.99. The fourth-order valence-corrected chi connectivity index (χ4v) is 3.56. The Balaban J connectivity index is 1.61. The molecule has 0 amide bonds. The molecule has 0 N–H and O–H groups in total. The highest BCUT2D eigenvalue weighted by molar-refractivity contribution is 9.10. The average molecular weight is 339 g/mol. The molecular weight excluding hydrogens is 324 g/mol. The zero-order valence-corrected chi connectivity index (χ0v) is 12.6. The summed E-state index contributed by atoms with van der Waals surface area (Å²) in [6.07, 6.45) is 1.62. The Morgan fingerprint density at radius 2 is 2.05 bits per heavy atom. The van der Waals surface area contributed by atoms with E-state index in [2.05, 4.69) is 25.8 Å². The molecule has 1 aromatic rings. The first kappa shape index (κ1) is 12.7. The van der Waals surface area contributed by atoms with Crippen LogP contribution in [0.15, 0.2) is 16.7 Å². The number of piperidine rings is 1. The van der Waals surface area contributed by atoms with E-state index in [1.54, 1.807) is 12.1 Å². The fraction of sp³-hybridized carbons (Fsp3) is 0.571. The first-order chi connectivity index (χ1) is 9.68. The van der Waals surface area contributed by atoms with Gasteiger partial charge in [0.15, 0.2) is 5.60 Å². The lowest BCUT2D eigenvalue weighted by molar-refractivity contribution is -0.102. The number of halogens is 1. The molecule has 106 valence electrons. The largest absolute Gasteiger partial charge is 0.449 e. The third kappa shape index (κ3) is 1.82. The second-order valence-corrected chi connectivity index (χ2v) is 6.45. The van der Waals surface area contributed by atoms with E-state index in [0.717, 1.165) is 49.4 Å². The summed E-state index contributed by atoms with van der Waals surface area (Å²) >= 11 is 3.39. The molecule has 0 aliphatic carbocycles. The van der Waals surface area contributed by atoms with Gasteiger partial charge in [-0.3, -0.25) is 4.90 Å². The van der Waals surface area contributed by atoms with Crippen LogP contribution < -0.4 is 0 Å². The van der Waals surface area contributed by atoms with Gasteiger partial charge < -0.3 is 9.47 Å². The van der Waals surface area contributed by atoms with Crippen LogP contribution in [-0.2, 0) is 15.1 Å². The summed E-state index contributed by atoms with van der Waals surface area (Å²) in [5.74, 6) is -0.236. The molecular formula is C14H15BrN2O3. The summed E-state index contributed by atoms with van der Waals surface area (Å²) in [5, 5.41) is 0. The highest BCUT2D eigenvalue weighted by Gasteiger charge is 2.49. The molecule has 2 fully saturated rings. The number of rotatable bonds is 1. The first-order valence-corrected chi connectivity index (χ1v) is 7.69. The van der Waals surface area contributed by atoms with Crippen molar-refractivity contribution in [1.82, 2.24) is 9.88 Å². The number of ether oxygens (including phenoxy) is 2. The number of pyridine rings is 1. The smallest absolute Gasteiger partial charge is 0.341 e. The Morgan fingerprint density at radius 3 is 2.70 bits per heavy atom. The number of likely N-dealkylation sites (tertiary alicyclic amines) is 1. The van der Waals surface area contributed by atoms with Gasteiger partial charge in [-0.2, -0.15) is 0 Å². The summed E-state index contributed by atoms with van der Waals surface area (Å²) in [5.41, 5.74) is 0.909. The number of fused-ring (bicyclic) bond motifs is 2. The van der Waals surface area contributed by atoms with Crippen molar-refractivity contribution in [3.63, 3.8) is 0 Å². The highest BCUT2D eigenvalue weighted by Crippen LogP contribution is 2.43. The van der Waals surface area contributed by atoms with E-state index in [-0.39, 0.29) is 5.97 Å². The van der Waals surface area contributed by atoms with Crippen molar-refractivity contribution in [2.75, 3.05) is 26.3 Å². The summed E-state index contributed by atoms with van der Waals surface area (Å²) in [6.45, 7) is 3.50. The maximum absolute atomic E-state index is 12.0. The van der Waals surface area contributed by atoms with Crippen LogP contribution in [-0.4, -0.2) is 48.2 Å². The standard InChI is InChI=1S/C14H15BrN2O3/c15-11-2-1-10-12(16-11)14(20-13(10)18)3-5-17(6-4-14)9-7-19-8-9/h1-2,9H,3-8H2. The van der Waals surface area contributed by atoms with Gasteiger partial charge >= 0.3 is 5.97 Å². The number of carbonyl (C=O) groups excluding carboxylic acids is 1. The molecule has 4 heterocycles. The molecule has 6 heteroatoms. The molecule has 1 spiro atoms.